The predicted molar refractivity (Wildman–Crippen MR) is 75.1 cm³/mol. The fraction of sp³-hybridized carbons (Fsp3) is 0.929. The van der Waals surface area contributed by atoms with Gasteiger partial charge in [-0.25, -0.2) is 0 Å². The van der Waals surface area contributed by atoms with E-state index in [0.29, 0.717) is 31.8 Å². The smallest absolute Gasteiger partial charge is 0.220 e. The molecule has 0 heterocycles. The fourth-order valence-corrected chi connectivity index (χ4v) is 1.99. The third-order valence-electron chi connectivity index (χ3n) is 3.16. The van der Waals surface area contributed by atoms with E-state index < -0.39 is 0 Å². The molecule has 0 saturated carbocycles. The monoisotopic (exact) mass is 258 g/mol. The van der Waals surface area contributed by atoms with Crippen molar-refractivity contribution in [3.8, 4) is 0 Å². The summed E-state index contributed by atoms with van der Waals surface area (Å²) in [5.41, 5.74) is 5.63. The van der Waals surface area contributed by atoms with Crippen LogP contribution in [0.1, 0.15) is 47.0 Å². The number of carbonyl (C=O) groups is 1. The highest BCUT2D eigenvalue weighted by atomic mass is 16.3. The molecule has 0 spiro atoms. The first kappa shape index (κ1) is 17.4. The molecule has 1 atom stereocenters. The molecule has 108 valence electrons. The number of nitrogens with one attached hydrogen (secondary N) is 1. The lowest BCUT2D eigenvalue weighted by Crippen LogP contribution is -2.36. The van der Waals surface area contributed by atoms with E-state index in [0.717, 1.165) is 6.42 Å². The van der Waals surface area contributed by atoms with Crippen molar-refractivity contribution in [1.82, 2.24) is 5.32 Å². The third kappa shape index (κ3) is 8.48. The summed E-state index contributed by atoms with van der Waals surface area (Å²) >= 11 is 0. The zero-order valence-electron chi connectivity index (χ0n) is 12.3. The third-order valence-corrected chi connectivity index (χ3v) is 3.16. The Balaban J connectivity index is 4.02. The van der Waals surface area contributed by atoms with E-state index in [9.17, 15) is 4.79 Å². The van der Waals surface area contributed by atoms with E-state index in [2.05, 4.69) is 19.2 Å². The SMILES string of the molecule is CC(C)C[C@H](CN)CC(=O)NCC(C)(C)CCO. The van der Waals surface area contributed by atoms with Crippen molar-refractivity contribution in [2.45, 2.75) is 47.0 Å². The largest absolute Gasteiger partial charge is 0.396 e. The van der Waals surface area contributed by atoms with Crippen LogP contribution in [0.4, 0.5) is 0 Å². The molecule has 0 aromatic heterocycles. The van der Waals surface area contributed by atoms with E-state index in [1.165, 1.54) is 0 Å². The van der Waals surface area contributed by atoms with Crippen LogP contribution in [0.25, 0.3) is 0 Å². The minimum atomic E-state index is -0.0549. The van der Waals surface area contributed by atoms with Crippen molar-refractivity contribution in [2.75, 3.05) is 19.7 Å². The van der Waals surface area contributed by atoms with E-state index in [1.54, 1.807) is 0 Å². The topological polar surface area (TPSA) is 75.4 Å². The first-order valence-corrected chi connectivity index (χ1v) is 6.88. The van der Waals surface area contributed by atoms with Gasteiger partial charge in [-0.15, -0.1) is 0 Å². The summed E-state index contributed by atoms with van der Waals surface area (Å²) in [4.78, 5) is 11.8. The van der Waals surface area contributed by atoms with Gasteiger partial charge >= 0.3 is 0 Å². The molecule has 4 nitrogen and oxygen atoms in total. The van der Waals surface area contributed by atoms with Crippen LogP contribution in [0.3, 0.4) is 0 Å². The van der Waals surface area contributed by atoms with Gasteiger partial charge in [-0.2, -0.15) is 0 Å². The molecule has 0 bridgehead atoms. The number of nitrogens with two attached hydrogens (primary N) is 1. The number of rotatable bonds is 9. The van der Waals surface area contributed by atoms with Crippen LogP contribution in [0.5, 0.6) is 0 Å². The highest BCUT2D eigenvalue weighted by Crippen LogP contribution is 2.18. The summed E-state index contributed by atoms with van der Waals surface area (Å²) in [6.07, 6.45) is 2.19. The number of aliphatic hydroxyl groups is 1. The van der Waals surface area contributed by atoms with E-state index in [-0.39, 0.29) is 23.8 Å². The number of hydrogen-bond donors (Lipinski definition) is 3. The Hall–Kier alpha value is -0.610. The predicted octanol–water partition coefficient (Wildman–Crippen LogP) is 1.52. The quantitative estimate of drug-likeness (QED) is 0.587. The van der Waals surface area contributed by atoms with Crippen LogP contribution in [-0.4, -0.2) is 30.7 Å². The van der Waals surface area contributed by atoms with Gasteiger partial charge in [0.15, 0.2) is 0 Å². The van der Waals surface area contributed by atoms with Gasteiger partial charge in [0.2, 0.25) is 5.91 Å². The van der Waals surface area contributed by atoms with E-state index in [1.807, 2.05) is 13.8 Å². The second-order valence-electron chi connectivity index (χ2n) is 6.35. The molecule has 1 amide bonds. The second-order valence-corrected chi connectivity index (χ2v) is 6.35. The molecule has 18 heavy (non-hydrogen) atoms. The summed E-state index contributed by atoms with van der Waals surface area (Å²) in [5, 5.41) is 11.9. The first-order chi connectivity index (χ1) is 8.30. The zero-order valence-corrected chi connectivity index (χ0v) is 12.3. The molecule has 4 N–H and O–H groups in total. The molecule has 0 unspecified atom stereocenters. The van der Waals surface area contributed by atoms with Crippen molar-refractivity contribution in [2.24, 2.45) is 23.0 Å². The van der Waals surface area contributed by atoms with Crippen LogP contribution in [0, 0.1) is 17.3 Å². The lowest BCUT2D eigenvalue weighted by Gasteiger charge is -2.24. The van der Waals surface area contributed by atoms with Crippen LogP contribution in [0.15, 0.2) is 0 Å². The minimum absolute atomic E-state index is 0.0549. The Morgan fingerprint density at radius 3 is 2.44 bits per heavy atom. The van der Waals surface area contributed by atoms with Gasteiger partial charge in [0.25, 0.3) is 0 Å². The summed E-state index contributed by atoms with van der Waals surface area (Å²) in [5.74, 6) is 0.903. The summed E-state index contributed by atoms with van der Waals surface area (Å²) in [7, 11) is 0. The van der Waals surface area contributed by atoms with Crippen molar-refractivity contribution in [3.05, 3.63) is 0 Å². The number of aliphatic hydroxyl groups excluding tert-OH is 1. The Morgan fingerprint density at radius 2 is 2.00 bits per heavy atom. The van der Waals surface area contributed by atoms with Crippen molar-refractivity contribution in [3.63, 3.8) is 0 Å². The fourth-order valence-electron chi connectivity index (χ4n) is 1.99. The second kappa shape index (κ2) is 8.48. The van der Waals surface area contributed by atoms with Crippen LogP contribution >= 0.6 is 0 Å². The maximum atomic E-state index is 11.8. The Bertz CT molecular complexity index is 240. The van der Waals surface area contributed by atoms with Gasteiger partial charge in [0, 0.05) is 19.6 Å². The maximum Gasteiger partial charge on any atom is 0.220 e. The molecule has 0 aromatic rings. The van der Waals surface area contributed by atoms with Gasteiger partial charge in [0.05, 0.1) is 0 Å². The highest BCUT2D eigenvalue weighted by Gasteiger charge is 2.19. The lowest BCUT2D eigenvalue weighted by atomic mass is 9.89. The molecular formula is C14H30N2O2. The van der Waals surface area contributed by atoms with Crippen LogP contribution < -0.4 is 11.1 Å². The Kier molecular flexibility index (Phi) is 8.20. The number of hydrogen-bond acceptors (Lipinski definition) is 3. The molecule has 0 aliphatic carbocycles. The zero-order chi connectivity index (χ0) is 14.2. The number of amides is 1. The lowest BCUT2D eigenvalue weighted by molar-refractivity contribution is -0.122. The number of carbonyl (C=O) groups excluding carboxylic acids is 1. The van der Waals surface area contributed by atoms with Gasteiger partial charge in [0.1, 0.15) is 0 Å². The van der Waals surface area contributed by atoms with Gasteiger partial charge in [-0.05, 0) is 36.6 Å². The molecule has 0 radical (unpaired) electrons. The van der Waals surface area contributed by atoms with Gasteiger partial charge < -0.3 is 16.2 Å². The highest BCUT2D eigenvalue weighted by molar-refractivity contribution is 5.76. The normalized spacial score (nSPS) is 13.7. The average Bonchev–Trinajstić information content (AvgIpc) is 2.25. The maximum absolute atomic E-state index is 11.8. The average molecular weight is 258 g/mol. The standard InChI is InChI=1S/C14H30N2O2/c1-11(2)7-12(9-15)8-13(18)16-10-14(3,4)5-6-17/h11-12,17H,5-10,15H2,1-4H3,(H,16,18)/t12-/m0/s1. The molecule has 0 rings (SSSR count). The summed E-state index contributed by atoms with van der Waals surface area (Å²) < 4.78 is 0. The molecular weight excluding hydrogens is 228 g/mol. The van der Waals surface area contributed by atoms with Crippen molar-refractivity contribution >= 4 is 5.91 Å². The van der Waals surface area contributed by atoms with Crippen LogP contribution in [0.2, 0.25) is 0 Å². The Labute approximate surface area is 111 Å². The molecule has 0 aliphatic rings. The molecule has 0 fully saturated rings. The summed E-state index contributed by atoms with van der Waals surface area (Å²) in [6, 6.07) is 0. The van der Waals surface area contributed by atoms with E-state index >= 15 is 0 Å². The molecule has 4 heteroatoms. The van der Waals surface area contributed by atoms with Gasteiger partial charge in [-0.3, -0.25) is 4.79 Å². The summed E-state index contributed by atoms with van der Waals surface area (Å²) in [6.45, 7) is 9.69. The van der Waals surface area contributed by atoms with Crippen LogP contribution in [-0.2, 0) is 4.79 Å². The van der Waals surface area contributed by atoms with E-state index in [4.69, 9.17) is 10.8 Å². The van der Waals surface area contributed by atoms with Gasteiger partial charge in [-0.1, -0.05) is 27.7 Å². The van der Waals surface area contributed by atoms with Crippen molar-refractivity contribution < 1.29 is 9.90 Å². The molecule has 0 aromatic carbocycles. The molecule has 0 aliphatic heterocycles. The first-order valence-electron chi connectivity index (χ1n) is 6.88. The minimum Gasteiger partial charge on any atom is -0.396 e. The Morgan fingerprint density at radius 1 is 1.39 bits per heavy atom. The molecule has 0 saturated heterocycles. The van der Waals surface area contributed by atoms with Crippen molar-refractivity contribution in [1.29, 1.82) is 0 Å².